The number of hydrogen-bond donors (Lipinski definition) is 2. The summed E-state index contributed by atoms with van der Waals surface area (Å²) in [7, 11) is -4.11. The van der Waals surface area contributed by atoms with Crippen LogP contribution in [0, 0.1) is 5.82 Å². The van der Waals surface area contributed by atoms with Gasteiger partial charge in [0.25, 0.3) is 15.9 Å². The third-order valence-corrected chi connectivity index (χ3v) is 6.30. The number of anilines is 2. The summed E-state index contributed by atoms with van der Waals surface area (Å²) < 4.78 is 41.5. The lowest BCUT2D eigenvalue weighted by Crippen LogP contribution is -2.14. The van der Waals surface area contributed by atoms with Crippen LogP contribution in [0.15, 0.2) is 52.9 Å². The molecule has 1 aliphatic heterocycles. The Morgan fingerprint density at radius 1 is 1.21 bits per heavy atom. The van der Waals surface area contributed by atoms with Crippen molar-refractivity contribution in [1.29, 1.82) is 0 Å². The number of amides is 1. The van der Waals surface area contributed by atoms with Gasteiger partial charge in [-0.15, -0.1) is 11.3 Å². The standard InChI is InChI=1S/C18H11ClFN3O3S2/c19-10-1-3-14(20)16(7-10)23-28(25,26)11-2-4-15-12(8-11)13(18(24)22-15)9-17-21-5-6-27-17/h1-9,23H,(H,22,24)/b13-9+. The smallest absolute Gasteiger partial charge is 0.262 e. The van der Waals surface area contributed by atoms with E-state index in [1.165, 1.54) is 41.7 Å². The predicted molar refractivity (Wildman–Crippen MR) is 107 cm³/mol. The number of carbonyl (C=O) groups is 1. The second-order valence-corrected chi connectivity index (χ2v) is 8.86. The molecule has 1 aliphatic rings. The molecule has 1 aromatic heterocycles. The first-order valence-electron chi connectivity index (χ1n) is 7.88. The second kappa shape index (κ2) is 7.01. The average Bonchev–Trinajstić information content (AvgIpc) is 3.26. The quantitative estimate of drug-likeness (QED) is 0.600. The van der Waals surface area contributed by atoms with Crippen LogP contribution < -0.4 is 10.0 Å². The number of hydrogen-bond acceptors (Lipinski definition) is 5. The number of aromatic nitrogens is 1. The molecular weight excluding hydrogens is 425 g/mol. The number of carbonyl (C=O) groups excluding carboxylic acids is 1. The van der Waals surface area contributed by atoms with Crippen molar-refractivity contribution in [1.82, 2.24) is 4.98 Å². The number of nitrogens with zero attached hydrogens (tertiary/aromatic N) is 1. The van der Waals surface area contributed by atoms with E-state index < -0.39 is 15.8 Å². The van der Waals surface area contributed by atoms with Crippen molar-refractivity contribution in [2.45, 2.75) is 4.90 Å². The predicted octanol–water partition coefficient (Wildman–Crippen LogP) is 4.23. The lowest BCUT2D eigenvalue weighted by molar-refractivity contribution is -0.110. The van der Waals surface area contributed by atoms with Gasteiger partial charge in [-0.1, -0.05) is 11.6 Å². The first-order chi connectivity index (χ1) is 13.3. The molecule has 0 aliphatic carbocycles. The summed E-state index contributed by atoms with van der Waals surface area (Å²) in [5.74, 6) is -1.11. The van der Waals surface area contributed by atoms with Crippen LogP contribution in [0.25, 0.3) is 11.6 Å². The molecule has 0 spiro atoms. The Labute approximate surface area is 168 Å². The van der Waals surface area contributed by atoms with Crippen LogP contribution in [0.1, 0.15) is 10.6 Å². The molecule has 0 fully saturated rings. The summed E-state index contributed by atoms with van der Waals surface area (Å²) in [6.07, 6.45) is 3.20. The zero-order chi connectivity index (χ0) is 19.9. The summed E-state index contributed by atoms with van der Waals surface area (Å²) >= 11 is 7.16. The van der Waals surface area contributed by atoms with E-state index in [1.54, 1.807) is 17.7 Å². The molecule has 0 bridgehead atoms. The molecule has 0 unspecified atom stereocenters. The Morgan fingerprint density at radius 3 is 2.79 bits per heavy atom. The highest BCUT2D eigenvalue weighted by molar-refractivity contribution is 7.92. The Morgan fingerprint density at radius 2 is 2.04 bits per heavy atom. The maximum absolute atomic E-state index is 13.9. The number of nitrogens with one attached hydrogen (secondary N) is 2. The summed E-state index contributed by atoms with van der Waals surface area (Å²) in [5, 5.41) is 5.26. The molecule has 0 radical (unpaired) electrons. The highest BCUT2D eigenvalue weighted by atomic mass is 35.5. The van der Waals surface area contributed by atoms with E-state index in [0.717, 1.165) is 6.07 Å². The van der Waals surface area contributed by atoms with Crippen LogP contribution in [0.4, 0.5) is 15.8 Å². The van der Waals surface area contributed by atoms with Gasteiger partial charge in [0.1, 0.15) is 10.8 Å². The molecule has 3 aromatic rings. The van der Waals surface area contributed by atoms with Crippen LogP contribution in [-0.2, 0) is 14.8 Å². The van der Waals surface area contributed by atoms with Gasteiger partial charge in [-0.25, -0.2) is 17.8 Å². The SMILES string of the molecule is O=C1Nc2ccc(S(=O)(=O)Nc3cc(Cl)ccc3F)cc2/C1=C\c1nccs1. The van der Waals surface area contributed by atoms with Crippen molar-refractivity contribution >= 4 is 61.9 Å². The van der Waals surface area contributed by atoms with Gasteiger partial charge < -0.3 is 5.32 Å². The van der Waals surface area contributed by atoms with Gasteiger partial charge in [-0.2, -0.15) is 0 Å². The van der Waals surface area contributed by atoms with Crippen molar-refractivity contribution in [3.8, 4) is 0 Å². The van der Waals surface area contributed by atoms with Gasteiger partial charge in [0.05, 0.1) is 16.2 Å². The Bertz CT molecular complexity index is 1220. The molecule has 0 atom stereocenters. The van der Waals surface area contributed by atoms with Crippen LogP contribution in [0.3, 0.4) is 0 Å². The number of rotatable bonds is 4. The minimum Gasteiger partial charge on any atom is -0.321 e. The van der Waals surface area contributed by atoms with Gasteiger partial charge in [0, 0.05) is 27.9 Å². The maximum atomic E-state index is 13.9. The second-order valence-electron chi connectivity index (χ2n) is 5.82. The number of fused-ring (bicyclic) bond motifs is 1. The molecule has 0 saturated carbocycles. The van der Waals surface area contributed by atoms with E-state index in [0.29, 0.717) is 21.8 Å². The Kier molecular flexibility index (Phi) is 4.66. The molecule has 1 amide bonds. The summed E-state index contributed by atoms with van der Waals surface area (Å²) in [6.45, 7) is 0. The van der Waals surface area contributed by atoms with Gasteiger partial charge in [-0.3, -0.25) is 9.52 Å². The third-order valence-electron chi connectivity index (χ3n) is 3.98. The normalized spacial score (nSPS) is 14.8. The van der Waals surface area contributed by atoms with Crippen molar-refractivity contribution in [2.24, 2.45) is 0 Å². The highest BCUT2D eigenvalue weighted by Gasteiger charge is 2.27. The topological polar surface area (TPSA) is 88.2 Å². The Hall–Kier alpha value is -2.75. The first kappa shape index (κ1) is 18.6. The van der Waals surface area contributed by atoms with E-state index in [1.807, 2.05) is 0 Å². The molecule has 2 aromatic carbocycles. The number of thiazole rings is 1. The largest absolute Gasteiger partial charge is 0.321 e. The van der Waals surface area contributed by atoms with Crippen LogP contribution in [0.2, 0.25) is 5.02 Å². The fraction of sp³-hybridized carbons (Fsp3) is 0. The van der Waals surface area contributed by atoms with Crippen LogP contribution in [-0.4, -0.2) is 19.3 Å². The van der Waals surface area contributed by atoms with Gasteiger partial charge in [-0.05, 0) is 42.5 Å². The zero-order valence-electron chi connectivity index (χ0n) is 13.9. The van der Waals surface area contributed by atoms with E-state index in [4.69, 9.17) is 11.6 Å². The molecule has 142 valence electrons. The average molecular weight is 436 g/mol. The van der Waals surface area contributed by atoms with Crippen molar-refractivity contribution < 1.29 is 17.6 Å². The molecule has 0 saturated heterocycles. The van der Waals surface area contributed by atoms with Crippen molar-refractivity contribution in [3.05, 3.63) is 69.4 Å². The van der Waals surface area contributed by atoms with Crippen molar-refractivity contribution in [2.75, 3.05) is 10.0 Å². The van der Waals surface area contributed by atoms with E-state index in [-0.39, 0.29) is 21.5 Å². The summed E-state index contributed by atoms with van der Waals surface area (Å²) in [4.78, 5) is 16.3. The van der Waals surface area contributed by atoms with Gasteiger partial charge in [0.15, 0.2) is 0 Å². The fourth-order valence-corrected chi connectivity index (χ4v) is 4.51. The third kappa shape index (κ3) is 3.51. The lowest BCUT2D eigenvalue weighted by atomic mass is 10.1. The van der Waals surface area contributed by atoms with E-state index in [9.17, 15) is 17.6 Å². The maximum Gasteiger partial charge on any atom is 0.262 e. The minimum atomic E-state index is -4.11. The molecule has 2 heterocycles. The fourth-order valence-electron chi connectivity index (χ4n) is 2.69. The zero-order valence-corrected chi connectivity index (χ0v) is 16.3. The molecule has 4 rings (SSSR count). The lowest BCUT2D eigenvalue weighted by Gasteiger charge is -2.10. The number of halogens is 2. The molecule has 6 nitrogen and oxygen atoms in total. The van der Waals surface area contributed by atoms with Crippen molar-refractivity contribution in [3.63, 3.8) is 0 Å². The Balaban J connectivity index is 1.73. The molecule has 28 heavy (non-hydrogen) atoms. The molecule has 2 N–H and O–H groups in total. The summed E-state index contributed by atoms with van der Waals surface area (Å²) in [6, 6.07) is 7.74. The monoisotopic (exact) mass is 435 g/mol. The van der Waals surface area contributed by atoms with Gasteiger partial charge >= 0.3 is 0 Å². The first-order valence-corrected chi connectivity index (χ1v) is 10.6. The number of benzene rings is 2. The van der Waals surface area contributed by atoms with Crippen LogP contribution in [0.5, 0.6) is 0 Å². The van der Waals surface area contributed by atoms with E-state index >= 15 is 0 Å². The minimum absolute atomic E-state index is 0.118. The highest BCUT2D eigenvalue weighted by Crippen LogP contribution is 2.35. The van der Waals surface area contributed by atoms with Crippen LogP contribution >= 0.6 is 22.9 Å². The van der Waals surface area contributed by atoms with E-state index in [2.05, 4.69) is 15.0 Å². The summed E-state index contributed by atoms with van der Waals surface area (Å²) in [5.41, 5.74) is 0.951. The van der Waals surface area contributed by atoms with Gasteiger partial charge in [0.2, 0.25) is 0 Å². The molecular formula is C18H11ClFN3O3S2. The number of sulfonamides is 1. The molecule has 10 heteroatoms.